The van der Waals surface area contributed by atoms with Gasteiger partial charge in [-0.3, -0.25) is 9.69 Å². The lowest BCUT2D eigenvalue weighted by atomic mass is 10.2. The summed E-state index contributed by atoms with van der Waals surface area (Å²) in [6.07, 6.45) is 1.71. The minimum atomic E-state index is -0.314. The Morgan fingerprint density at radius 2 is 2.00 bits per heavy atom. The predicted molar refractivity (Wildman–Crippen MR) is 106 cm³/mol. The first kappa shape index (κ1) is 17.9. The van der Waals surface area contributed by atoms with Gasteiger partial charge < -0.3 is 5.32 Å². The average molecular weight is 393 g/mol. The minimum absolute atomic E-state index is 0.176. The van der Waals surface area contributed by atoms with Gasteiger partial charge in [0.05, 0.1) is 11.6 Å². The molecule has 0 aromatic heterocycles. The molecule has 2 aromatic rings. The molecular formula is C18H14ClFN2OS2. The van der Waals surface area contributed by atoms with Crippen LogP contribution in [0.2, 0.25) is 5.02 Å². The number of nitrogens with one attached hydrogen (secondary N) is 1. The van der Waals surface area contributed by atoms with Crippen molar-refractivity contribution < 1.29 is 9.18 Å². The number of hydrogen-bond donors (Lipinski definition) is 1. The van der Waals surface area contributed by atoms with Crippen LogP contribution in [0, 0.1) is 12.7 Å². The van der Waals surface area contributed by atoms with Crippen molar-refractivity contribution >= 4 is 57.6 Å². The lowest BCUT2D eigenvalue weighted by Gasteiger charge is -2.16. The van der Waals surface area contributed by atoms with E-state index in [4.69, 9.17) is 23.8 Å². The number of thioether (sulfide) groups is 1. The first-order chi connectivity index (χ1) is 11.9. The number of amides is 1. The summed E-state index contributed by atoms with van der Waals surface area (Å²) in [4.78, 5) is 14.5. The molecule has 7 heteroatoms. The third-order valence-corrected chi connectivity index (χ3v) is 5.44. The predicted octanol–water partition coefficient (Wildman–Crippen LogP) is 5.06. The topological polar surface area (TPSA) is 32.3 Å². The highest BCUT2D eigenvalue weighted by atomic mass is 35.5. The first-order valence-corrected chi connectivity index (χ1v) is 9.05. The molecule has 1 fully saturated rings. The molecular weight excluding hydrogens is 379 g/mol. The van der Waals surface area contributed by atoms with E-state index >= 15 is 0 Å². The van der Waals surface area contributed by atoms with Crippen LogP contribution >= 0.6 is 35.6 Å². The Morgan fingerprint density at radius 1 is 1.28 bits per heavy atom. The zero-order valence-corrected chi connectivity index (χ0v) is 15.6. The number of thiocarbonyl (C=S) groups is 1. The molecule has 0 spiro atoms. The molecule has 0 atom stereocenters. The Morgan fingerprint density at radius 3 is 2.68 bits per heavy atom. The molecule has 0 unspecified atom stereocenters. The van der Waals surface area contributed by atoms with Gasteiger partial charge >= 0.3 is 0 Å². The van der Waals surface area contributed by atoms with Gasteiger partial charge in [-0.2, -0.15) is 0 Å². The van der Waals surface area contributed by atoms with E-state index in [2.05, 4.69) is 5.32 Å². The summed E-state index contributed by atoms with van der Waals surface area (Å²) in [7, 11) is 0. The van der Waals surface area contributed by atoms with Crippen molar-refractivity contribution in [1.29, 1.82) is 0 Å². The molecule has 25 heavy (non-hydrogen) atoms. The lowest BCUT2D eigenvalue weighted by Crippen LogP contribution is -2.33. The van der Waals surface area contributed by atoms with Gasteiger partial charge in [0.1, 0.15) is 10.1 Å². The van der Waals surface area contributed by atoms with Gasteiger partial charge in [-0.15, -0.1) is 0 Å². The van der Waals surface area contributed by atoms with Crippen LogP contribution < -0.4 is 5.32 Å². The van der Waals surface area contributed by atoms with E-state index in [1.807, 2.05) is 25.1 Å². The molecule has 1 N–H and O–H groups in total. The van der Waals surface area contributed by atoms with E-state index in [1.165, 1.54) is 28.8 Å². The molecule has 1 saturated heterocycles. The maximum atomic E-state index is 13.0. The van der Waals surface area contributed by atoms with Crippen molar-refractivity contribution in [3.63, 3.8) is 0 Å². The number of carbonyl (C=O) groups is 1. The Bertz CT molecular complexity index is 868. The molecule has 2 aromatic carbocycles. The quantitative estimate of drug-likeness (QED) is 0.582. The Hall–Kier alpha value is -1.89. The van der Waals surface area contributed by atoms with E-state index in [9.17, 15) is 9.18 Å². The number of carbonyl (C=O) groups excluding carboxylic acids is 1. The smallest absolute Gasteiger partial charge is 0.267 e. The minimum Gasteiger partial charge on any atom is -0.367 e. The molecule has 1 aliphatic rings. The van der Waals surface area contributed by atoms with Crippen molar-refractivity contribution in [3.05, 3.63) is 69.3 Å². The molecule has 128 valence electrons. The van der Waals surface area contributed by atoms with Crippen LogP contribution in [0.15, 0.2) is 47.4 Å². The van der Waals surface area contributed by atoms with Crippen LogP contribution in [0.3, 0.4) is 0 Å². The molecule has 0 aliphatic carbocycles. The summed E-state index contributed by atoms with van der Waals surface area (Å²) in [5.41, 5.74) is 2.55. The van der Waals surface area contributed by atoms with Crippen molar-refractivity contribution in [2.75, 3.05) is 12.0 Å². The molecule has 1 aliphatic heterocycles. The first-order valence-electron chi connectivity index (χ1n) is 7.45. The highest BCUT2D eigenvalue weighted by Crippen LogP contribution is 2.32. The van der Waals surface area contributed by atoms with Crippen molar-refractivity contribution in [2.45, 2.75) is 6.92 Å². The SMILES string of the molecule is Cc1ccc(NCN2C(=O)C(=Cc3ccc(F)cc3)SC2=S)cc1Cl. The van der Waals surface area contributed by atoms with Gasteiger partial charge in [-0.25, -0.2) is 4.39 Å². The van der Waals surface area contributed by atoms with E-state index < -0.39 is 0 Å². The number of rotatable bonds is 4. The third-order valence-electron chi connectivity index (χ3n) is 3.65. The largest absolute Gasteiger partial charge is 0.367 e. The average Bonchev–Trinajstić information content (AvgIpc) is 2.84. The lowest BCUT2D eigenvalue weighted by molar-refractivity contribution is -0.121. The van der Waals surface area contributed by atoms with Gasteiger partial charge in [0.2, 0.25) is 0 Å². The zero-order chi connectivity index (χ0) is 18.0. The summed E-state index contributed by atoms with van der Waals surface area (Å²) < 4.78 is 13.5. The van der Waals surface area contributed by atoms with Gasteiger partial charge in [0.15, 0.2) is 0 Å². The van der Waals surface area contributed by atoms with Crippen LogP contribution in [0.25, 0.3) is 6.08 Å². The van der Waals surface area contributed by atoms with E-state index in [1.54, 1.807) is 18.2 Å². The second-order valence-electron chi connectivity index (χ2n) is 5.46. The van der Waals surface area contributed by atoms with Crippen LogP contribution in [-0.4, -0.2) is 21.8 Å². The molecule has 0 bridgehead atoms. The second kappa shape index (κ2) is 7.56. The van der Waals surface area contributed by atoms with Crippen molar-refractivity contribution in [3.8, 4) is 0 Å². The molecule has 0 radical (unpaired) electrons. The molecule has 3 nitrogen and oxygen atoms in total. The van der Waals surface area contributed by atoms with Gasteiger partial charge in [-0.05, 0) is 48.4 Å². The number of anilines is 1. The van der Waals surface area contributed by atoms with Crippen LogP contribution in [0.1, 0.15) is 11.1 Å². The Labute approximate surface area is 159 Å². The monoisotopic (exact) mass is 392 g/mol. The molecule has 1 heterocycles. The molecule has 0 saturated carbocycles. The fraction of sp³-hybridized carbons (Fsp3) is 0.111. The van der Waals surface area contributed by atoms with Gasteiger partial charge in [0.25, 0.3) is 5.91 Å². The van der Waals surface area contributed by atoms with Gasteiger partial charge in [0, 0.05) is 10.7 Å². The fourth-order valence-corrected chi connectivity index (χ4v) is 3.66. The number of halogens is 2. The van der Waals surface area contributed by atoms with E-state index in [0.29, 0.717) is 14.2 Å². The zero-order valence-electron chi connectivity index (χ0n) is 13.3. The number of nitrogens with zero attached hydrogens (tertiary/aromatic N) is 1. The number of benzene rings is 2. The highest BCUT2D eigenvalue weighted by molar-refractivity contribution is 8.26. The highest BCUT2D eigenvalue weighted by Gasteiger charge is 2.31. The number of hydrogen-bond acceptors (Lipinski definition) is 4. The summed E-state index contributed by atoms with van der Waals surface area (Å²) in [6, 6.07) is 11.6. The number of aryl methyl sites for hydroxylation is 1. The van der Waals surface area contributed by atoms with E-state index in [0.717, 1.165) is 16.8 Å². The maximum absolute atomic E-state index is 13.0. The van der Waals surface area contributed by atoms with Crippen LogP contribution in [-0.2, 0) is 4.79 Å². The van der Waals surface area contributed by atoms with Crippen molar-refractivity contribution in [1.82, 2.24) is 4.90 Å². The maximum Gasteiger partial charge on any atom is 0.267 e. The summed E-state index contributed by atoms with van der Waals surface area (Å²) in [5.74, 6) is -0.490. The van der Waals surface area contributed by atoms with Gasteiger partial charge in [-0.1, -0.05) is 53.8 Å². The Balaban J connectivity index is 1.70. The van der Waals surface area contributed by atoms with Crippen LogP contribution in [0.5, 0.6) is 0 Å². The fourth-order valence-electron chi connectivity index (χ4n) is 2.22. The third kappa shape index (κ3) is 4.21. The summed E-state index contributed by atoms with van der Waals surface area (Å²) >= 11 is 12.6. The second-order valence-corrected chi connectivity index (χ2v) is 7.54. The summed E-state index contributed by atoms with van der Waals surface area (Å²) in [6.45, 7) is 2.18. The molecule has 3 rings (SSSR count). The standard InChI is InChI=1S/C18H14ClFN2OS2/c1-11-2-7-14(9-15(11)19)21-10-22-17(23)16(25-18(22)24)8-12-3-5-13(20)6-4-12/h2-9,21H,10H2,1H3. The normalized spacial score (nSPS) is 16.0. The molecule has 1 amide bonds. The van der Waals surface area contributed by atoms with Crippen molar-refractivity contribution in [2.24, 2.45) is 0 Å². The van der Waals surface area contributed by atoms with Crippen LogP contribution in [0.4, 0.5) is 10.1 Å². The van der Waals surface area contributed by atoms with E-state index in [-0.39, 0.29) is 18.4 Å². The summed E-state index contributed by atoms with van der Waals surface area (Å²) in [5, 5.41) is 3.81. The Kier molecular flexibility index (Phi) is 5.42.